The third-order valence-electron chi connectivity index (χ3n) is 5.84. The number of piperidine rings is 1. The molecule has 180 valence electrons. The SMILES string of the molecule is CC(C)(Oc1ccccc1Cl)C(=O)N1CCC(c2nc(C(=O)NCCc3cccs3)cs2)CC1. The summed E-state index contributed by atoms with van der Waals surface area (Å²) >= 11 is 9.41. The Balaban J connectivity index is 1.28. The highest BCUT2D eigenvalue weighted by atomic mass is 35.5. The smallest absolute Gasteiger partial charge is 0.270 e. The maximum absolute atomic E-state index is 13.2. The van der Waals surface area contributed by atoms with Gasteiger partial charge in [-0.25, -0.2) is 4.98 Å². The second-order valence-corrected chi connectivity index (χ2v) is 11.1. The van der Waals surface area contributed by atoms with E-state index in [2.05, 4.69) is 16.4 Å². The zero-order valence-corrected chi connectivity index (χ0v) is 21.6. The normalized spacial score (nSPS) is 14.7. The Hall–Kier alpha value is -2.42. The molecule has 1 N–H and O–H groups in total. The van der Waals surface area contributed by atoms with Gasteiger partial charge in [-0.3, -0.25) is 9.59 Å². The van der Waals surface area contributed by atoms with Gasteiger partial charge in [-0.05, 0) is 56.7 Å². The number of aromatic nitrogens is 1. The Morgan fingerprint density at radius 2 is 1.94 bits per heavy atom. The van der Waals surface area contributed by atoms with Crippen LogP contribution in [-0.2, 0) is 11.2 Å². The number of likely N-dealkylation sites (tertiary alicyclic amines) is 1. The number of para-hydroxylation sites is 1. The third-order valence-corrected chi connectivity index (χ3v) is 8.10. The summed E-state index contributed by atoms with van der Waals surface area (Å²) in [7, 11) is 0. The molecule has 1 aliphatic rings. The molecule has 1 aliphatic heterocycles. The lowest BCUT2D eigenvalue weighted by Gasteiger charge is -2.36. The van der Waals surface area contributed by atoms with Crippen molar-refractivity contribution in [3.8, 4) is 5.75 Å². The third kappa shape index (κ3) is 5.98. The number of nitrogens with zero attached hydrogens (tertiary/aromatic N) is 2. The molecule has 3 heterocycles. The summed E-state index contributed by atoms with van der Waals surface area (Å²) in [4.78, 5) is 33.3. The van der Waals surface area contributed by atoms with Crippen LogP contribution in [0.25, 0.3) is 0 Å². The van der Waals surface area contributed by atoms with E-state index >= 15 is 0 Å². The lowest BCUT2D eigenvalue weighted by molar-refractivity contribution is -0.146. The van der Waals surface area contributed by atoms with E-state index in [-0.39, 0.29) is 17.7 Å². The molecule has 0 bridgehead atoms. The topological polar surface area (TPSA) is 71.5 Å². The molecule has 6 nitrogen and oxygen atoms in total. The predicted molar refractivity (Wildman–Crippen MR) is 137 cm³/mol. The standard InChI is InChI=1S/C25H28ClN3O3S2/c1-25(2,32-21-8-4-3-7-19(21)26)24(31)29-13-10-17(11-14-29)23-28-20(16-34-23)22(30)27-12-9-18-6-5-15-33-18/h3-8,15-17H,9-14H2,1-2H3,(H,27,30). The van der Waals surface area contributed by atoms with Gasteiger partial charge in [0.2, 0.25) is 0 Å². The van der Waals surface area contributed by atoms with Crippen molar-refractivity contribution in [3.05, 3.63) is 67.8 Å². The fraction of sp³-hybridized carbons (Fsp3) is 0.400. The quantitative estimate of drug-likeness (QED) is 0.434. The fourth-order valence-corrected chi connectivity index (χ4v) is 5.84. The predicted octanol–water partition coefficient (Wildman–Crippen LogP) is 5.39. The Morgan fingerprint density at radius 3 is 2.65 bits per heavy atom. The summed E-state index contributed by atoms with van der Waals surface area (Å²) in [6.07, 6.45) is 2.44. The summed E-state index contributed by atoms with van der Waals surface area (Å²) in [5.41, 5.74) is -0.549. The number of carbonyl (C=O) groups is 2. The highest BCUT2D eigenvalue weighted by molar-refractivity contribution is 7.10. The van der Waals surface area contributed by atoms with E-state index in [1.54, 1.807) is 37.3 Å². The molecule has 9 heteroatoms. The van der Waals surface area contributed by atoms with Crippen molar-refractivity contribution in [2.24, 2.45) is 0 Å². The largest absolute Gasteiger partial charge is 0.476 e. The zero-order chi connectivity index (χ0) is 24.1. The summed E-state index contributed by atoms with van der Waals surface area (Å²) < 4.78 is 5.97. The van der Waals surface area contributed by atoms with E-state index in [0.717, 1.165) is 24.3 Å². The summed E-state index contributed by atoms with van der Waals surface area (Å²) in [5, 5.41) is 8.26. The Kier molecular flexibility index (Phi) is 7.91. The number of hydrogen-bond acceptors (Lipinski definition) is 6. The number of ether oxygens (including phenoxy) is 1. The van der Waals surface area contributed by atoms with Crippen LogP contribution < -0.4 is 10.1 Å². The van der Waals surface area contributed by atoms with Gasteiger partial charge in [0.1, 0.15) is 11.4 Å². The van der Waals surface area contributed by atoms with Crippen LogP contribution in [0, 0.1) is 0 Å². The Morgan fingerprint density at radius 1 is 1.18 bits per heavy atom. The van der Waals surface area contributed by atoms with Gasteiger partial charge in [-0.2, -0.15) is 0 Å². The number of carbonyl (C=O) groups excluding carboxylic acids is 2. The molecule has 0 spiro atoms. The van der Waals surface area contributed by atoms with Crippen molar-refractivity contribution in [3.63, 3.8) is 0 Å². The van der Waals surface area contributed by atoms with E-state index < -0.39 is 5.60 Å². The molecule has 3 aromatic rings. The van der Waals surface area contributed by atoms with Gasteiger partial charge in [-0.15, -0.1) is 22.7 Å². The molecule has 4 rings (SSSR count). The number of thiophene rings is 1. The van der Waals surface area contributed by atoms with Crippen LogP contribution in [0.2, 0.25) is 5.02 Å². The Labute approximate surface area is 212 Å². The molecule has 1 aromatic carbocycles. The molecule has 0 unspecified atom stereocenters. The van der Waals surface area contributed by atoms with Gasteiger partial charge in [0.15, 0.2) is 5.60 Å². The number of halogens is 1. The van der Waals surface area contributed by atoms with E-state index in [1.807, 2.05) is 33.9 Å². The average molecular weight is 518 g/mol. The molecule has 0 atom stereocenters. The minimum Gasteiger partial charge on any atom is -0.476 e. The van der Waals surface area contributed by atoms with Gasteiger partial charge >= 0.3 is 0 Å². The zero-order valence-electron chi connectivity index (χ0n) is 19.3. The molecule has 0 radical (unpaired) electrons. The van der Waals surface area contributed by atoms with Crippen molar-refractivity contribution >= 4 is 46.1 Å². The lowest BCUT2D eigenvalue weighted by Crippen LogP contribution is -2.51. The van der Waals surface area contributed by atoms with Crippen molar-refractivity contribution in [2.75, 3.05) is 19.6 Å². The first-order valence-electron chi connectivity index (χ1n) is 11.3. The maximum Gasteiger partial charge on any atom is 0.270 e. The van der Waals surface area contributed by atoms with Crippen LogP contribution in [0.4, 0.5) is 0 Å². The molecule has 0 saturated carbocycles. The molecule has 0 aliphatic carbocycles. The molecular weight excluding hydrogens is 490 g/mol. The van der Waals surface area contributed by atoms with Crippen LogP contribution in [0.15, 0.2) is 47.2 Å². The number of rotatable bonds is 8. The fourth-order valence-electron chi connectivity index (χ4n) is 3.98. The van der Waals surface area contributed by atoms with E-state index in [4.69, 9.17) is 16.3 Å². The number of benzene rings is 1. The average Bonchev–Trinajstić information content (AvgIpc) is 3.53. The molecule has 1 fully saturated rings. The highest BCUT2D eigenvalue weighted by Crippen LogP contribution is 2.33. The molecule has 34 heavy (non-hydrogen) atoms. The van der Waals surface area contributed by atoms with Crippen molar-refractivity contribution in [1.29, 1.82) is 0 Å². The van der Waals surface area contributed by atoms with Gasteiger partial charge in [-0.1, -0.05) is 29.8 Å². The minimum atomic E-state index is -1.02. The van der Waals surface area contributed by atoms with Crippen LogP contribution in [0.3, 0.4) is 0 Å². The second-order valence-electron chi connectivity index (χ2n) is 8.77. The summed E-state index contributed by atoms with van der Waals surface area (Å²) in [6, 6.07) is 11.3. The van der Waals surface area contributed by atoms with Crippen LogP contribution in [0.5, 0.6) is 5.75 Å². The molecule has 1 saturated heterocycles. The maximum atomic E-state index is 13.2. The first kappa shape index (κ1) is 24.7. The van der Waals surface area contributed by atoms with Gasteiger partial charge < -0.3 is 15.0 Å². The lowest BCUT2D eigenvalue weighted by atomic mass is 9.96. The monoisotopic (exact) mass is 517 g/mol. The van der Waals surface area contributed by atoms with Crippen LogP contribution in [0.1, 0.15) is 53.0 Å². The van der Waals surface area contributed by atoms with Crippen molar-refractivity contribution < 1.29 is 14.3 Å². The summed E-state index contributed by atoms with van der Waals surface area (Å²) in [6.45, 7) is 5.39. The molecule has 2 aromatic heterocycles. The summed E-state index contributed by atoms with van der Waals surface area (Å²) in [5.74, 6) is 0.552. The van der Waals surface area contributed by atoms with Crippen LogP contribution in [-0.4, -0.2) is 46.9 Å². The van der Waals surface area contributed by atoms with Gasteiger partial charge in [0, 0.05) is 35.8 Å². The van der Waals surface area contributed by atoms with Gasteiger partial charge in [0.05, 0.1) is 10.0 Å². The Bertz CT molecular complexity index is 1120. The number of hydrogen-bond donors (Lipinski definition) is 1. The second kappa shape index (κ2) is 10.9. The van der Waals surface area contributed by atoms with E-state index in [0.29, 0.717) is 36.1 Å². The highest BCUT2D eigenvalue weighted by Gasteiger charge is 2.37. The van der Waals surface area contributed by atoms with Crippen molar-refractivity contribution in [1.82, 2.24) is 15.2 Å². The van der Waals surface area contributed by atoms with Crippen LogP contribution >= 0.6 is 34.3 Å². The van der Waals surface area contributed by atoms with Crippen molar-refractivity contribution in [2.45, 2.75) is 44.6 Å². The van der Waals surface area contributed by atoms with E-state index in [9.17, 15) is 9.59 Å². The molecular formula is C25H28ClN3O3S2. The minimum absolute atomic E-state index is 0.0594. The number of amides is 2. The number of nitrogens with one attached hydrogen (secondary N) is 1. The first-order chi connectivity index (χ1) is 16.3. The van der Waals surface area contributed by atoms with E-state index in [1.165, 1.54) is 16.2 Å². The molecule has 2 amide bonds. The number of thiazole rings is 1. The van der Waals surface area contributed by atoms with Gasteiger partial charge in [0.25, 0.3) is 11.8 Å². The first-order valence-corrected chi connectivity index (χ1v) is 13.5.